The van der Waals surface area contributed by atoms with Crippen molar-refractivity contribution in [1.29, 1.82) is 0 Å². The van der Waals surface area contributed by atoms with Gasteiger partial charge in [-0.2, -0.15) is 5.10 Å². The number of aromatic nitrogens is 2. The number of carbonyl (C=O) groups excluding carboxylic acids is 1. The van der Waals surface area contributed by atoms with Gasteiger partial charge < -0.3 is 10.1 Å². The average Bonchev–Trinajstić information content (AvgIpc) is 3.13. The van der Waals surface area contributed by atoms with E-state index in [9.17, 15) is 4.79 Å². The SMILES string of the molecule is CCn1nc(-c2ccc(OC)cc2)cc1C(=O)NC(C)c1ccccc1. The highest BCUT2D eigenvalue weighted by molar-refractivity contribution is 5.94. The topological polar surface area (TPSA) is 56.2 Å². The van der Waals surface area contributed by atoms with Crippen molar-refractivity contribution >= 4 is 5.91 Å². The molecule has 5 heteroatoms. The van der Waals surface area contributed by atoms with Crippen LogP contribution in [0.3, 0.4) is 0 Å². The van der Waals surface area contributed by atoms with Crippen LogP contribution in [0.1, 0.15) is 35.9 Å². The highest BCUT2D eigenvalue weighted by Gasteiger charge is 2.18. The highest BCUT2D eigenvalue weighted by atomic mass is 16.5. The number of hydrogen-bond acceptors (Lipinski definition) is 3. The molecular weight excluding hydrogens is 326 g/mol. The maximum atomic E-state index is 12.8. The lowest BCUT2D eigenvalue weighted by Crippen LogP contribution is -2.28. The van der Waals surface area contributed by atoms with Crippen LogP contribution in [-0.4, -0.2) is 22.8 Å². The van der Waals surface area contributed by atoms with Gasteiger partial charge in [-0.05, 0) is 49.7 Å². The van der Waals surface area contributed by atoms with E-state index in [0.29, 0.717) is 12.2 Å². The quantitative estimate of drug-likeness (QED) is 0.730. The van der Waals surface area contributed by atoms with Crippen LogP contribution in [-0.2, 0) is 6.54 Å². The maximum absolute atomic E-state index is 12.8. The van der Waals surface area contributed by atoms with E-state index in [1.54, 1.807) is 11.8 Å². The summed E-state index contributed by atoms with van der Waals surface area (Å²) >= 11 is 0. The maximum Gasteiger partial charge on any atom is 0.270 e. The van der Waals surface area contributed by atoms with Gasteiger partial charge in [0.1, 0.15) is 11.4 Å². The Labute approximate surface area is 153 Å². The first-order valence-corrected chi connectivity index (χ1v) is 8.70. The number of aryl methyl sites for hydroxylation is 1. The summed E-state index contributed by atoms with van der Waals surface area (Å²) in [5.74, 6) is 0.661. The number of benzene rings is 2. The molecule has 0 spiro atoms. The fraction of sp³-hybridized carbons (Fsp3) is 0.238. The van der Waals surface area contributed by atoms with Gasteiger partial charge in [-0.15, -0.1) is 0 Å². The molecule has 26 heavy (non-hydrogen) atoms. The standard InChI is InChI=1S/C21H23N3O2/c1-4-24-20(21(25)22-15(2)16-8-6-5-7-9-16)14-19(23-24)17-10-12-18(26-3)13-11-17/h5-15H,4H2,1-3H3,(H,22,25). The molecule has 1 N–H and O–H groups in total. The lowest BCUT2D eigenvalue weighted by molar-refractivity contribution is 0.0929. The number of rotatable bonds is 6. The molecule has 0 radical (unpaired) electrons. The summed E-state index contributed by atoms with van der Waals surface area (Å²) in [5, 5.41) is 7.62. The largest absolute Gasteiger partial charge is 0.497 e. The van der Waals surface area contributed by atoms with Gasteiger partial charge in [0.15, 0.2) is 0 Å². The minimum atomic E-state index is -0.129. The molecule has 5 nitrogen and oxygen atoms in total. The Hall–Kier alpha value is -3.08. The zero-order valence-electron chi connectivity index (χ0n) is 15.3. The normalized spacial score (nSPS) is 11.8. The first kappa shape index (κ1) is 17.7. The summed E-state index contributed by atoms with van der Waals surface area (Å²) in [6.45, 7) is 4.57. The molecule has 0 aliphatic rings. The summed E-state index contributed by atoms with van der Waals surface area (Å²) in [6, 6.07) is 19.3. The van der Waals surface area contributed by atoms with E-state index >= 15 is 0 Å². The third-order valence-corrected chi connectivity index (χ3v) is 4.35. The van der Waals surface area contributed by atoms with Crippen molar-refractivity contribution in [2.75, 3.05) is 7.11 Å². The second-order valence-corrected chi connectivity index (χ2v) is 6.06. The number of nitrogens with zero attached hydrogens (tertiary/aromatic N) is 2. The number of amides is 1. The van der Waals surface area contributed by atoms with Gasteiger partial charge in [0.05, 0.1) is 18.8 Å². The van der Waals surface area contributed by atoms with Gasteiger partial charge in [-0.3, -0.25) is 9.48 Å². The van der Waals surface area contributed by atoms with Crippen LogP contribution in [0.25, 0.3) is 11.3 Å². The smallest absolute Gasteiger partial charge is 0.270 e. The van der Waals surface area contributed by atoms with Gasteiger partial charge in [0, 0.05) is 12.1 Å². The monoisotopic (exact) mass is 349 g/mol. The Balaban J connectivity index is 1.82. The third kappa shape index (κ3) is 3.77. The lowest BCUT2D eigenvalue weighted by atomic mass is 10.1. The van der Waals surface area contributed by atoms with Crippen molar-refractivity contribution < 1.29 is 9.53 Å². The summed E-state index contributed by atoms with van der Waals surface area (Å²) in [5.41, 5.74) is 3.34. The van der Waals surface area contributed by atoms with Gasteiger partial charge >= 0.3 is 0 Å². The number of methoxy groups -OCH3 is 1. The van der Waals surface area contributed by atoms with Crippen molar-refractivity contribution in [2.45, 2.75) is 26.4 Å². The summed E-state index contributed by atoms with van der Waals surface area (Å²) < 4.78 is 6.92. The van der Waals surface area contributed by atoms with E-state index < -0.39 is 0 Å². The summed E-state index contributed by atoms with van der Waals surface area (Å²) in [4.78, 5) is 12.8. The van der Waals surface area contributed by atoms with Gasteiger partial charge in [0.25, 0.3) is 5.91 Å². The minimum Gasteiger partial charge on any atom is -0.497 e. The first-order valence-electron chi connectivity index (χ1n) is 8.70. The number of hydrogen-bond donors (Lipinski definition) is 1. The molecule has 2 aromatic carbocycles. The van der Waals surface area contributed by atoms with Gasteiger partial charge in [-0.1, -0.05) is 30.3 Å². The predicted molar refractivity (Wildman–Crippen MR) is 102 cm³/mol. The zero-order valence-corrected chi connectivity index (χ0v) is 15.3. The number of ether oxygens (including phenoxy) is 1. The second-order valence-electron chi connectivity index (χ2n) is 6.06. The summed E-state index contributed by atoms with van der Waals surface area (Å²) in [6.07, 6.45) is 0. The lowest BCUT2D eigenvalue weighted by Gasteiger charge is -2.14. The van der Waals surface area contributed by atoms with Crippen molar-refractivity contribution in [1.82, 2.24) is 15.1 Å². The van der Waals surface area contributed by atoms with Crippen LogP contribution in [0, 0.1) is 0 Å². The van der Waals surface area contributed by atoms with Crippen molar-refractivity contribution in [3.05, 3.63) is 71.9 Å². The Bertz CT molecular complexity index is 870. The van der Waals surface area contributed by atoms with Crippen molar-refractivity contribution in [2.24, 2.45) is 0 Å². The molecule has 3 aromatic rings. The first-order chi connectivity index (χ1) is 12.6. The molecule has 0 fully saturated rings. The Morgan fingerprint density at radius 2 is 1.85 bits per heavy atom. The molecular formula is C21H23N3O2. The Morgan fingerprint density at radius 1 is 1.15 bits per heavy atom. The average molecular weight is 349 g/mol. The molecule has 0 aliphatic heterocycles. The van der Waals surface area contributed by atoms with Crippen LogP contribution in [0.4, 0.5) is 0 Å². The molecule has 0 bridgehead atoms. The fourth-order valence-electron chi connectivity index (χ4n) is 2.84. The van der Waals surface area contributed by atoms with E-state index in [-0.39, 0.29) is 11.9 Å². The molecule has 0 saturated heterocycles. The number of nitrogens with one attached hydrogen (secondary N) is 1. The molecule has 3 rings (SSSR count). The van der Waals surface area contributed by atoms with Crippen LogP contribution in [0.15, 0.2) is 60.7 Å². The Kier molecular flexibility index (Phi) is 5.37. The summed E-state index contributed by atoms with van der Waals surface area (Å²) in [7, 11) is 1.64. The van der Waals surface area contributed by atoms with E-state index in [1.165, 1.54) is 0 Å². The van der Waals surface area contributed by atoms with Gasteiger partial charge in [-0.25, -0.2) is 0 Å². The van der Waals surface area contributed by atoms with Gasteiger partial charge in [0.2, 0.25) is 0 Å². The molecule has 1 heterocycles. The highest BCUT2D eigenvalue weighted by Crippen LogP contribution is 2.23. The second kappa shape index (κ2) is 7.87. The molecule has 1 amide bonds. The zero-order chi connectivity index (χ0) is 18.5. The van der Waals surface area contributed by atoms with E-state index in [4.69, 9.17) is 4.74 Å². The van der Waals surface area contributed by atoms with Crippen LogP contribution < -0.4 is 10.1 Å². The molecule has 1 atom stereocenters. The molecule has 1 aromatic heterocycles. The fourth-order valence-corrected chi connectivity index (χ4v) is 2.84. The molecule has 0 aliphatic carbocycles. The van der Waals surface area contributed by atoms with E-state index in [1.807, 2.05) is 74.5 Å². The number of carbonyl (C=O) groups is 1. The third-order valence-electron chi connectivity index (χ3n) is 4.35. The van der Waals surface area contributed by atoms with Crippen molar-refractivity contribution in [3.8, 4) is 17.0 Å². The van der Waals surface area contributed by atoms with Crippen LogP contribution >= 0.6 is 0 Å². The van der Waals surface area contributed by atoms with E-state index in [0.717, 1.165) is 22.6 Å². The van der Waals surface area contributed by atoms with Crippen molar-refractivity contribution in [3.63, 3.8) is 0 Å². The molecule has 134 valence electrons. The molecule has 1 unspecified atom stereocenters. The minimum absolute atomic E-state index is 0.0756. The van der Waals surface area contributed by atoms with Crippen LogP contribution in [0.2, 0.25) is 0 Å². The predicted octanol–water partition coefficient (Wildman–Crippen LogP) is 4.07. The Morgan fingerprint density at radius 3 is 2.46 bits per heavy atom. The van der Waals surface area contributed by atoms with E-state index in [2.05, 4.69) is 10.4 Å². The molecule has 0 saturated carbocycles. The van der Waals surface area contributed by atoms with Crippen LogP contribution in [0.5, 0.6) is 5.75 Å².